The quantitative estimate of drug-likeness (QED) is 0.250. The number of rotatable bonds is 6. The lowest BCUT2D eigenvalue weighted by atomic mass is 10.0. The number of benzene rings is 2. The van der Waals surface area contributed by atoms with Crippen molar-refractivity contribution in [1.82, 2.24) is 19.8 Å². The summed E-state index contributed by atoms with van der Waals surface area (Å²) < 4.78 is 23.1. The van der Waals surface area contributed by atoms with Gasteiger partial charge >= 0.3 is 0 Å². The van der Waals surface area contributed by atoms with Crippen molar-refractivity contribution in [1.29, 1.82) is 0 Å². The Kier molecular flexibility index (Phi) is 12.6. The van der Waals surface area contributed by atoms with Crippen molar-refractivity contribution in [2.75, 3.05) is 79.0 Å². The first-order chi connectivity index (χ1) is 22.5. The molecule has 46 heavy (non-hydrogen) atoms. The highest BCUT2D eigenvalue weighted by Gasteiger charge is 2.24. The number of aromatic nitrogens is 2. The number of hydrogen-bond donors (Lipinski definition) is 4. The monoisotopic (exact) mass is 634 g/mol. The minimum absolute atomic E-state index is 0.146. The number of nitrogens with two attached hydrogens (primary N) is 2. The van der Waals surface area contributed by atoms with Gasteiger partial charge in [0.2, 0.25) is 11.8 Å². The van der Waals surface area contributed by atoms with Gasteiger partial charge in [-0.1, -0.05) is 36.4 Å². The molecule has 2 amide bonds. The fourth-order valence-electron chi connectivity index (χ4n) is 5.73. The summed E-state index contributed by atoms with van der Waals surface area (Å²) in [7, 11) is 0. The highest BCUT2D eigenvalue weighted by atomic mass is 16.5. The average Bonchev–Trinajstić information content (AvgIpc) is 3.68. The van der Waals surface area contributed by atoms with E-state index >= 15 is 0 Å². The number of nitrogens with one attached hydrogen (secondary N) is 2. The van der Waals surface area contributed by atoms with Crippen LogP contribution in [0.25, 0.3) is 21.8 Å². The summed E-state index contributed by atoms with van der Waals surface area (Å²) in [6.07, 6.45) is 4.68. The summed E-state index contributed by atoms with van der Waals surface area (Å²) in [5.41, 5.74) is 16.9. The van der Waals surface area contributed by atoms with Gasteiger partial charge in [-0.25, -0.2) is 0 Å². The molecule has 1 aliphatic heterocycles. The van der Waals surface area contributed by atoms with Crippen LogP contribution < -0.4 is 11.5 Å². The van der Waals surface area contributed by atoms with Crippen LogP contribution in [0.3, 0.4) is 0 Å². The minimum atomic E-state index is -0.690. The first kappa shape index (κ1) is 33.6. The Hall–Kier alpha value is -3.78. The predicted octanol–water partition coefficient (Wildman–Crippen LogP) is 1.83. The van der Waals surface area contributed by atoms with Crippen LogP contribution in [0.15, 0.2) is 60.9 Å². The predicted molar refractivity (Wildman–Crippen MR) is 176 cm³/mol. The van der Waals surface area contributed by atoms with Gasteiger partial charge in [-0.2, -0.15) is 0 Å². The van der Waals surface area contributed by atoms with E-state index in [1.807, 2.05) is 60.9 Å². The van der Waals surface area contributed by atoms with E-state index in [0.29, 0.717) is 91.9 Å². The van der Waals surface area contributed by atoms with E-state index < -0.39 is 12.1 Å². The zero-order valence-electron chi connectivity index (χ0n) is 26.3. The highest BCUT2D eigenvalue weighted by molar-refractivity contribution is 5.87. The molecule has 4 aromatic rings. The number of para-hydroxylation sites is 2. The van der Waals surface area contributed by atoms with Gasteiger partial charge in [-0.15, -0.1) is 0 Å². The highest BCUT2D eigenvalue weighted by Crippen LogP contribution is 2.20. The van der Waals surface area contributed by atoms with Gasteiger partial charge in [0.1, 0.15) is 0 Å². The molecule has 3 heterocycles. The zero-order valence-corrected chi connectivity index (χ0v) is 26.3. The van der Waals surface area contributed by atoms with Crippen LogP contribution in [0.1, 0.15) is 11.1 Å². The van der Waals surface area contributed by atoms with Crippen molar-refractivity contribution >= 4 is 33.6 Å². The van der Waals surface area contributed by atoms with Crippen molar-refractivity contribution in [3.63, 3.8) is 0 Å². The number of nitrogens with zero attached hydrogens (tertiary/aromatic N) is 2. The first-order valence-corrected chi connectivity index (χ1v) is 16.0. The van der Waals surface area contributed by atoms with Gasteiger partial charge < -0.3 is 50.2 Å². The molecule has 2 aromatic heterocycles. The van der Waals surface area contributed by atoms with Crippen LogP contribution in [-0.4, -0.2) is 123 Å². The number of carbonyl (C=O) groups is 2. The van der Waals surface area contributed by atoms with Crippen LogP contribution >= 0.6 is 0 Å². The number of carbonyl (C=O) groups excluding carboxylic acids is 2. The summed E-state index contributed by atoms with van der Waals surface area (Å²) in [4.78, 5) is 36.6. The lowest BCUT2D eigenvalue weighted by Gasteiger charge is -2.27. The standard InChI is InChI=1S/C34H46N6O6/c35-29(21-25-23-37-31-7-3-1-5-27(25)31)33(41)39-9-13-43-17-19-45-15-11-40(12-16-46-20-18-44-14-10-39)34(42)30(36)22-26-24-38-32-8-4-2-6-28(26)32/h1-8,23-24,29-30,37-38H,9-22,35-36H2/t29-,30-/m0/s1. The third kappa shape index (κ3) is 9.15. The maximum atomic E-state index is 13.4. The molecule has 1 saturated heterocycles. The summed E-state index contributed by atoms with van der Waals surface area (Å²) >= 11 is 0. The Morgan fingerprint density at radius 1 is 0.587 bits per heavy atom. The van der Waals surface area contributed by atoms with Crippen LogP contribution in [0, 0.1) is 0 Å². The summed E-state index contributed by atoms with van der Waals surface area (Å²) in [5, 5.41) is 2.13. The maximum absolute atomic E-state index is 13.4. The SMILES string of the molecule is N[C@@H](Cc1c[nH]c2ccccc12)C(=O)N1CCOCCOCCN(C(=O)[C@@H](N)Cc2c[nH]c3ccccc23)CCOCCOCC1. The third-order valence-electron chi connectivity index (χ3n) is 8.25. The van der Waals surface area contributed by atoms with Gasteiger partial charge in [0, 0.05) is 60.4 Å². The molecule has 0 aliphatic carbocycles. The molecule has 0 radical (unpaired) electrons. The van der Waals surface area contributed by atoms with Crippen molar-refractivity contribution in [3.8, 4) is 0 Å². The fourth-order valence-corrected chi connectivity index (χ4v) is 5.73. The Balaban J connectivity index is 1.10. The van der Waals surface area contributed by atoms with Crippen molar-refractivity contribution in [2.24, 2.45) is 11.5 Å². The van der Waals surface area contributed by atoms with Gasteiger partial charge in [0.15, 0.2) is 0 Å². The molecule has 2 aromatic carbocycles. The number of amides is 2. The normalized spacial score (nSPS) is 18.2. The van der Waals surface area contributed by atoms with E-state index in [-0.39, 0.29) is 11.8 Å². The van der Waals surface area contributed by atoms with Crippen LogP contribution in [-0.2, 0) is 41.4 Å². The largest absolute Gasteiger partial charge is 0.377 e. The smallest absolute Gasteiger partial charge is 0.239 e. The second-order valence-corrected chi connectivity index (χ2v) is 11.4. The molecule has 0 unspecified atom stereocenters. The molecule has 0 saturated carbocycles. The maximum Gasteiger partial charge on any atom is 0.239 e. The van der Waals surface area contributed by atoms with Gasteiger partial charge in [0.05, 0.1) is 64.9 Å². The van der Waals surface area contributed by atoms with E-state index in [2.05, 4.69) is 9.97 Å². The fraction of sp³-hybridized carbons (Fsp3) is 0.471. The van der Waals surface area contributed by atoms with E-state index in [1.165, 1.54) is 0 Å². The van der Waals surface area contributed by atoms with Crippen LogP contribution in [0.5, 0.6) is 0 Å². The average molecular weight is 635 g/mol. The first-order valence-electron chi connectivity index (χ1n) is 16.0. The number of hydrogen-bond acceptors (Lipinski definition) is 8. The van der Waals surface area contributed by atoms with E-state index in [0.717, 1.165) is 32.9 Å². The summed E-state index contributed by atoms with van der Waals surface area (Å²) in [5.74, 6) is -0.293. The van der Waals surface area contributed by atoms with E-state index in [1.54, 1.807) is 9.80 Å². The Labute approximate surface area is 269 Å². The molecule has 0 bridgehead atoms. The molecule has 12 nitrogen and oxygen atoms in total. The summed E-state index contributed by atoms with van der Waals surface area (Å²) in [6.45, 7) is 4.33. The minimum Gasteiger partial charge on any atom is -0.377 e. The molecular formula is C34H46N6O6. The molecule has 12 heteroatoms. The van der Waals surface area contributed by atoms with Gasteiger partial charge in [0.25, 0.3) is 0 Å². The van der Waals surface area contributed by atoms with Gasteiger partial charge in [-0.05, 0) is 36.1 Å². The molecule has 1 aliphatic rings. The van der Waals surface area contributed by atoms with Gasteiger partial charge in [-0.3, -0.25) is 9.59 Å². The zero-order chi connectivity index (χ0) is 32.1. The molecule has 0 spiro atoms. The summed E-state index contributed by atoms with van der Waals surface area (Å²) in [6, 6.07) is 14.6. The van der Waals surface area contributed by atoms with Crippen molar-refractivity contribution < 1.29 is 28.5 Å². The molecule has 248 valence electrons. The third-order valence-corrected chi connectivity index (χ3v) is 8.25. The molecule has 2 atom stereocenters. The Bertz CT molecular complexity index is 1400. The lowest BCUT2D eigenvalue weighted by molar-refractivity contribution is -0.135. The second kappa shape index (κ2) is 17.2. The van der Waals surface area contributed by atoms with Crippen LogP contribution in [0.2, 0.25) is 0 Å². The number of aromatic amines is 2. The Morgan fingerprint density at radius 2 is 0.935 bits per heavy atom. The van der Waals surface area contributed by atoms with Crippen molar-refractivity contribution in [3.05, 3.63) is 72.1 Å². The molecule has 5 rings (SSSR count). The topological polar surface area (TPSA) is 161 Å². The molecular weight excluding hydrogens is 588 g/mol. The molecule has 1 fully saturated rings. The Morgan fingerprint density at radius 3 is 1.30 bits per heavy atom. The van der Waals surface area contributed by atoms with E-state index in [4.69, 9.17) is 30.4 Å². The second-order valence-electron chi connectivity index (χ2n) is 11.4. The lowest BCUT2D eigenvalue weighted by Crippen LogP contribution is -2.47. The number of fused-ring (bicyclic) bond motifs is 2. The number of ether oxygens (including phenoxy) is 4. The van der Waals surface area contributed by atoms with E-state index in [9.17, 15) is 9.59 Å². The number of H-pyrrole nitrogens is 2. The molecule has 6 N–H and O–H groups in total. The van der Waals surface area contributed by atoms with Crippen molar-refractivity contribution in [2.45, 2.75) is 24.9 Å². The van der Waals surface area contributed by atoms with Crippen LogP contribution in [0.4, 0.5) is 0 Å².